The zero-order chi connectivity index (χ0) is 16.0. The van der Waals surface area contributed by atoms with Gasteiger partial charge in [0.1, 0.15) is 0 Å². The van der Waals surface area contributed by atoms with Crippen LogP contribution in [0.1, 0.15) is 33.6 Å². The van der Waals surface area contributed by atoms with Gasteiger partial charge in [-0.3, -0.25) is 4.79 Å². The minimum absolute atomic E-state index is 0.00370. The summed E-state index contributed by atoms with van der Waals surface area (Å²) in [6, 6.07) is -0.213. The fourth-order valence-corrected chi connectivity index (χ4v) is 4.73. The molecule has 0 spiro atoms. The fraction of sp³-hybridized carbons (Fsp3) is 0.727. The van der Waals surface area contributed by atoms with E-state index in [0.29, 0.717) is 12.8 Å². The monoisotopic (exact) mass is 336 g/mol. The first kappa shape index (κ1) is 18.0. The molecular formula is C11H20N4O4S2. The quantitative estimate of drug-likeness (QED) is 0.675. The van der Waals surface area contributed by atoms with Crippen LogP contribution in [0.4, 0.5) is 5.13 Å². The number of aliphatic hydroxyl groups is 1. The molecule has 1 aromatic heterocycles. The van der Waals surface area contributed by atoms with Crippen LogP contribution < -0.4 is 5.32 Å². The molecule has 1 aromatic rings. The first-order valence-electron chi connectivity index (χ1n) is 6.60. The van der Waals surface area contributed by atoms with E-state index in [2.05, 4.69) is 15.5 Å². The Bertz CT molecular complexity index is 569. The van der Waals surface area contributed by atoms with Crippen molar-refractivity contribution >= 4 is 32.4 Å². The molecule has 1 heterocycles. The minimum Gasteiger partial charge on any atom is -0.395 e. The minimum atomic E-state index is -3.83. The van der Waals surface area contributed by atoms with Crippen LogP contribution >= 0.6 is 11.3 Å². The van der Waals surface area contributed by atoms with Gasteiger partial charge in [0.25, 0.3) is 10.0 Å². The Labute approximate surface area is 128 Å². The first-order chi connectivity index (χ1) is 9.86. The summed E-state index contributed by atoms with van der Waals surface area (Å²) >= 11 is 0.795. The van der Waals surface area contributed by atoms with E-state index in [9.17, 15) is 13.2 Å². The molecule has 0 atom stereocenters. The zero-order valence-electron chi connectivity index (χ0n) is 12.2. The maximum atomic E-state index is 12.6. The van der Waals surface area contributed by atoms with E-state index < -0.39 is 10.0 Å². The van der Waals surface area contributed by atoms with E-state index in [4.69, 9.17) is 5.11 Å². The Morgan fingerprint density at radius 2 is 2.00 bits per heavy atom. The molecule has 0 saturated heterocycles. The molecule has 2 N–H and O–H groups in total. The summed E-state index contributed by atoms with van der Waals surface area (Å²) in [5.74, 6) is -0.345. The predicted octanol–water partition coefficient (Wildman–Crippen LogP) is 0.668. The highest BCUT2D eigenvalue weighted by atomic mass is 32.2. The lowest BCUT2D eigenvalue weighted by Crippen LogP contribution is -2.41. The number of anilines is 1. The third kappa shape index (κ3) is 4.43. The molecule has 0 aliphatic rings. The summed E-state index contributed by atoms with van der Waals surface area (Å²) in [6.07, 6.45) is 1.26. The lowest BCUT2D eigenvalue weighted by Gasteiger charge is -2.27. The van der Waals surface area contributed by atoms with Crippen molar-refractivity contribution in [3.8, 4) is 0 Å². The van der Waals surface area contributed by atoms with Crippen LogP contribution in [0.25, 0.3) is 0 Å². The van der Waals surface area contributed by atoms with Crippen molar-refractivity contribution < 1.29 is 18.3 Å². The standard InChI is InChI=1S/C11H20N4O4S2/c1-4-9(5-2)15(6-7-16)21(18,19)11-14-13-10(20-11)12-8(3)17/h9,16H,4-7H2,1-3H3,(H,12,13,17). The maximum absolute atomic E-state index is 12.6. The van der Waals surface area contributed by atoms with E-state index in [0.717, 1.165) is 11.3 Å². The highest BCUT2D eigenvalue weighted by Crippen LogP contribution is 2.26. The van der Waals surface area contributed by atoms with Gasteiger partial charge in [0.15, 0.2) is 0 Å². The Morgan fingerprint density at radius 3 is 2.48 bits per heavy atom. The van der Waals surface area contributed by atoms with Gasteiger partial charge in [0.05, 0.1) is 6.61 Å². The van der Waals surface area contributed by atoms with Crippen LogP contribution in [0.2, 0.25) is 0 Å². The molecule has 0 radical (unpaired) electrons. The summed E-state index contributed by atoms with van der Waals surface area (Å²) < 4.78 is 26.2. The summed E-state index contributed by atoms with van der Waals surface area (Å²) in [7, 11) is -3.83. The van der Waals surface area contributed by atoms with Crippen molar-refractivity contribution in [2.75, 3.05) is 18.5 Å². The molecule has 0 saturated carbocycles. The Hall–Kier alpha value is -1.10. The topological polar surface area (TPSA) is 112 Å². The lowest BCUT2D eigenvalue weighted by molar-refractivity contribution is -0.114. The van der Waals surface area contributed by atoms with Gasteiger partial charge in [-0.05, 0) is 12.8 Å². The Balaban J connectivity index is 3.10. The molecule has 1 amide bonds. The van der Waals surface area contributed by atoms with Crippen molar-refractivity contribution in [3.63, 3.8) is 0 Å². The number of aliphatic hydroxyl groups excluding tert-OH is 1. The fourth-order valence-electron chi connectivity index (χ4n) is 1.91. The predicted molar refractivity (Wildman–Crippen MR) is 79.6 cm³/mol. The number of hydrogen-bond donors (Lipinski definition) is 2. The number of rotatable bonds is 8. The molecule has 8 nitrogen and oxygen atoms in total. The molecular weight excluding hydrogens is 316 g/mol. The van der Waals surface area contributed by atoms with Crippen LogP contribution in [0, 0.1) is 0 Å². The van der Waals surface area contributed by atoms with E-state index in [1.807, 2.05) is 13.8 Å². The molecule has 0 bridgehead atoms. The van der Waals surface area contributed by atoms with E-state index in [1.54, 1.807) is 0 Å². The van der Waals surface area contributed by atoms with Gasteiger partial charge in [0, 0.05) is 19.5 Å². The lowest BCUT2D eigenvalue weighted by atomic mass is 10.2. The molecule has 21 heavy (non-hydrogen) atoms. The maximum Gasteiger partial charge on any atom is 0.272 e. The molecule has 1 rings (SSSR count). The van der Waals surface area contributed by atoms with E-state index in [-0.39, 0.29) is 34.6 Å². The third-order valence-corrected chi connectivity index (χ3v) is 6.03. The number of carbonyl (C=O) groups is 1. The van der Waals surface area contributed by atoms with Gasteiger partial charge in [-0.25, -0.2) is 8.42 Å². The molecule has 120 valence electrons. The van der Waals surface area contributed by atoms with Crippen LogP contribution in [0.5, 0.6) is 0 Å². The average molecular weight is 336 g/mol. The van der Waals surface area contributed by atoms with Gasteiger partial charge >= 0.3 is 0 Å². The highest BCUT2D eigenvalue weighted by molar-refractivity contribution is 7.91. The summed E-state index contributed by atoms with van der Waals surface area (Å²) in [6.45, 7) is 4.81. The van der Waals surface area contributed by atoms with Crippen LogP contribution in [-0.2, 0) is 14.8 Å². The van der Waals surface area contributed by atoms with Crippen LogP contribution in [0.3, 0.4) is 0 Å². The van der Waals surface area contributed by atoms with Crippen molar-refractivity contribution in [2.24, 2.45) is 0 Å². The number of carbonyl (C=O) groups excluding carboxylic acids is 1. The second-order valence-corrected chi connectivity index (χ2v) is 7.41. The molecule has 0 fully saturated rings. The second kappa shape index (κ2) is 7.78. The largest absolute Gasteiger partial charge is 0.395 e. The van der Waals surface area contributed by atoms with Gasteiger partial charge in [-0.15, -0.1) is 10.2 Å². The van der Waals surface area contributed by atoms with E-state index in [1.165, 1.54) is 11.2 Å². The molecule has 0 unspecified atom stereocenters. The first-order valence-corrected chi connectivity index (χ1v) is 8.86. The van der Waals surface area contributed by atoms with Crippen molar-refractivity contribution in [3.05, 3.63) is 0 Å². The average Bonchev–Trinajstić information content (AvgIpc) is 2.87. The summed E-state index contributed by atoms with van der Waals surface area (Å²) in [4.78, 5) is 10.9. The number of sulfonamides is 1. The van der Waals surface area contributed by atoms with Crippen LogP contribution in [0.15, 0.2) is 4.34 Å². The smallest absolute Gasteiger partial charge is 0.272 e. The normalized spacial score (nSPS) is 12.1. The van der Waals surface area contributed by atoms with Crippen molar-refractivity contribution in [1.82, 2.24) is 14.5 Å². The SMILES string of the molecule is CCC(CC)N(CCO)S(=O)(=O)c1nnc(NC(C)=O)s1. The molecule has 0 aromatic carbocycles. The number of nitrogens with zero attached hydrogens (tertiary/aromatic N) is 3. The summed E-state index contributed by atoms with van der Waals surface area (Å²) in [5, 5.41) is 18.9. The number of hydrogen-bond acceptors (Lipinski definition) is 7. The van der Waals surface area contributed by atoms with Gasteiger partial charge in [-0.2, -0.15) is 4.31 Å². The Morgan fingerprint density at radius 1 is 1.38 bits per heavy atom. The second-order valence-electron chi connectivity index (χ2n) is 4.36. The van der Waals surface area contributed by atoms with Crippen molar-refractivity contribution in [1.29, 1.82) is 0 Å². The third-order valence-electron chi connectivity index (χ3n) is 2.89. The van der Waals surface area contributed by atoms with E-state index >= 15 is 0 Å². The highest BCUT2D eigenvalue weighted by Gasteiger charge is 2.32. The van der Waals surface area contributed by atoms with Gasteiger partial charge < -0.3 is 10.4 Å². The molecule has 0 aliphatic heterocycles. The van der Waals surface area contributed by atoms with Gasteiger partial charge in [-0.1, -0.05) is 25.2 Å². The number of nitrogens with one attached hydrogen (secondary N) is 1. The van der Waals surface area contributed by atoms with Crippen molar-refractivity contribution in [2.45, 2.75) is 44.0 Å². The molecule has 0 aliphatic carbocycles. The van der Waals surface area contributed by atoms with Crippen LogP contribution in [-0.4, -0.2) is 53.1 Å². The summed E-state index contributed by atoms with van der Waals surface area (Å²) in [5.41, 5.74) is 0. The van der Waals surface area contributed by atoms with Gasteiger partial charge in [0.2, 0.25) is 15.4 Å². The zero-order valence-corrected chi connectivity index (χ0v) is 13.9. The number of aromatic nitrogens is 2. The Kier molecular flexibility index (Phi) is 6.65. The molecule has 10 heteroatoms. The number of amides is 1.